The number of hydrogen-bond donors (Lipinski definition) is 1. The summed E-state index contributed by atoms with van der Waals surface area (Å²) in [7, 11) is 3.13. The topological polar surface area (TPSA) is 87.2 Å². The van der Waals surface area contributed by atoms with Crippen LogP contribution in [0.15, 0.2) is 47.6 Å². The Morgan fingerprint density at radius 2 is 1.94 bits per heavy atom. The number of piperazine rings is 1. The molecule has 8 nitrogen and oxygen atoms in total. The molecule has 0 saturated carbocycles. The number of carbonyl (C=O) groups is 2. The molecule has 3 heterocycles. The first-order valence-electron chi connectivity index (χ1n) is 10.0. The van der Waals surface area contributed by atoms with Gasteiger partial charge < -0.3 is 19.4 Å². The van der Waals surface area contributed by atoms with Crippen LogP contribution in [-0.2, 0) is 22.6 Å². The lowest BCUT2D eigenvalue weighted by Crippen LogP contribution is -2.60. The molecule has 31 heavy (non-hydrogen) atoms. The second-order valence-corrected chi connectivity index (χ2v) is 7.62. The first-order chi connectivity index (χ1) is 15.1. The van der Waals surface area contributed by atoms with E-state index >= 15 is 0 Å². The predicted molar refractivity (Wildman–Crippen MR) is 115 cm³/mol. The second kappa shape index (κ2) is 7.46. The smallest absolute Gasteiger partial charge is 0.266 e. The average Bonchev–Trinajstić information content (AvgIpc) is 3.17. The minimum Gasteiger partial charge on any atom is -0.497 e. The van der Waals surface area contributed by atoms with E-state index in [1.807, 2.05) is 24.3 Å². The van der Waals surface area contributed by atoms with Crippen molar-refractivity contribution in [3.63, 3.8) is 0 Å². The number of para-hydroxylation sites is 1. The Morgan fingerprint density at radius 1 is 1.10 bits per heavy atom. The Kier molecular flexibility index (Phi) is 4.62. The molecule has 0 radical (unpaired) electrons. The van der Waals surface area contributed by atoms with Crippen molar-refractivity contribution in [2.24, 2.45) is 5.10 Å². The maximum absolute atomic E-state index is 13.2. The summed E-state index contributed by atoms with van der Waals surface area (Å²) < 4.78 is 10.6. The Balaban J connectivity index is 1.42. The van der Waals surface area contributed by atoms with Crippen LogP contribution >= 0.6 is 0 Å². The number of amides is 2. The highest BCUT2D eigenvalue weighted by atomic mass is 16.5. The van der Waals surface area contributed by atoms with Gasteiger partial charge in [0.1, 0.15) is 24.1 Å². The van der Waals surface area contributed by atoms with Gasteiger partial charge in [0, 0.05) is 34.6 Å². The van der Waals surface area contributed by atoms with Crippen LogP contribution in [0, 0.1) is 0 Å². The van der Waals surface area contributed by atoms with Crippen molar-refractivity contribution in [2.75, 3.05) is 20.8 Å². The number of aromatic amines is 1. The number of H-pyrrole nitrogens is 1. The van der Waals surface area contributed by atoms with Gasteiger partial charge in [0.05, 0.1) is 27.0 Å². The normalized spacial score (nSPS) is 18.5. The Morgan fingerprint density at radius 3 is 2.74 bits per heavy atom. The molecule has 1 fully saturated rings. The lowest BCUT2D eigenvalue weighted by atomic mass is 9.94. The van der Waals surface area contributed by atoms with Gasteiger partial charge in [-0.15, -0.1) is 0 Å². The van der Waals surface area contributed by atoms with E-state index in [0.29, 0.717) is 30.0 Å². The molecule has 3 aromatic rings. The van der Waals surface area contributed by atoms with E-state index in [1.54, 1.807) is 43.5 Å². The van der Waals surface area contributed by atoms with Gasteiger partial charge in [-0.1, -0.05) is 18.2 Å². The molecular formula is C23H22N4O4. The molecular weight excluding hydrogens is 396 g/mol. The highest BCUT2D eigenvalue weighted by Gasteiger charge is 2.43. The molecule has 0 unspecified atom stereocenters. The van der Waals surface area contributed by atoms with Crippen molar-refractivity contribution in [3.8, 4) is 11.5 Å². The minimum atomic E-state index is -0.553. The van der Waals surface area contributed by atoms with Crippen molar-refractivity contribution < 1.29 is 19.1 Å². The van der Waals surface area contributed by atoms with Gasteiger partial charge in [0.25, 0.3) is 5.91 Å². The highest BCUT2D eigenvalue weighted by Crippen LogP contribution is 2.32. The maximum atomic E-state index is 13.2. The van der Waals surface area contributed by atoms with Crippen molar-refractivity contribution in [1.29, 1.82) is 0 Å². The lowest BCUT2D eigenvalue weighted by molar-refractivity contribution is -0.157. The van der Waals surface area contributed by atoms with Crippen molar-refractivity contribution in [3.05, 3.63) is 59.3 Å². The zero-order valence-corrected chi connectivity index (χ0v) is 17.3. The number of hydrazone groups is 1. The van der Waals surface area contributed by atoms with E-state index in [-0.39, 0.29) is 18.4 Å². The quantitative estimate of drug-likeness (QED) is 0.659. The van der Waals surface area contributed by atoms with Crippen molar-refractivity contribution in [2.45, 2.75) is 19.0 Å². The largest absolute Gasteiger partial charge is 0.497 e. The second-order valence-electron chi connectivity index (χ2n) is 7.62. The number of benzene rings is 2. The number of nitrogens with one attached hydrogen (secondary N) is 1. The van der Waals surface area contributed by atoms with E-state index in [1.165, 1.54) is 5.01 Å². The molecule has 1 aromatic heterocycles. The van der Waals surface area contributed by atoms with Crippen molar-refractivity contribution >= 4 is 28.9 Å². The molecule has 158 valence electrons. The zero-order chi connectivity index (χ0) is 21.5. The number of hydrogen-bond acceptors (Lipinski definition) is 5. The first-order valence-corrected chi connectivity index (χ1v) is 10.0. The Bertz CT molecular complexity index is 1220. The van der Waals surface area contributed by atoms with Crippen LogP contribution in [0.25, 0.3) is 10.9 Å². The minimum absolute atomic E-state index is 0.0835. The molecule has 2 aliphatic rings. The van der Waals surface area contributed by atoms with Gasteiger partial charge in [0.15, 0.2) is 0 Å². The lowest BCUT2D eigenvalue weighted by Gasteiger charge is -2.40. The number of methoxy groups -OCH3 is 2. The average molecular weight is 418 g/mol. The van der Waals surface area contributed by atoms with Crippen LogP contribution in [0.3, 0.4) is 0 Å². The maximum Gasteiger partial charge on any atom is 0.266 e. The van der Waals surface area contributed by atoms with E-state index in [0.717, 1.165) is 22.2 Å². The number of rotatable bonds is 4. The highest BCUT2D eigenvalue weighted by molar-refractivity contribution is 5.97. The SMILES string of the molecule is COc1ccc(/C=N\N2CC(=O)N3Cc4[nH]c5ccccc5c4C[C@H]3C2=O)c(OC)c1. The first kappa shape index (κ1) is 19.2. The van der Waals surface area contributed by atoms with Crippen LogP contribution in [0.4, 0.5) is 0 Å². The molecule has 2 aromatic carbocycles. The molecule has 0 bridgehead atoms. The van der Waals surface area contributed by atoms with Crippen LogP contribution in [0.2, 0.25) is 0 Å². The van der Waals surface area contributed by atoms with Gasteiger partial charge in [0.2, 0.25) is 5.91 Å². The fourth-order valence-corrected chi connectivity index (χ4v) is 4.31. The van der Waals surface area contributed by atoms with Crippen LogP contribution in [0.1, 0.15) is 16.8 Å². The number of ether oxygens (including phenoxy) is 2. The molecule has 1 saturated heterocycles. The predicted octanol–water partition coefficient (Wildman–Crippen LogP) is 2.31. The van der Waals surface area contributed by atoms with Gasteiger partial charge >= 0.3 is 0 Å². The van der Waals surface area contributed by atoms with Crippen LogP contribution in [0.5, 0.6) is 11.5 Å². The zero-order valence-electron chi connectivity index (χ0n) is 17.3. The third kappa shape index (κ3) is 3.20. The van der Waals surface area contributed by atoms with Gasteiger partial charge in [-0.05, 0) is 23.8 Å². The molecule has 2 amide bonds. The van der Waals surface area contributed by atoms with Crippen LogP contribution in [-0.4, -0.2) is 59.7 Å². The molecule has 5 rings (SSSR count). The van der Waals surface area contributed by atoms with Crippen LogP contribution < -0.4 is 9.47 Å². The van der Waals surface area contributed by atoms with E-state index < -0.39 is 6.04 Å². The number of carbonyl (C=O) groups excluding carboxylic acids is 2. The summed E-state index contributed by atoms with van der Waals surface area (Å²) in [5, 5.41) is 6.68. The number of fused-ring (bicyclic) bond motifs is 4. The Hall–Kier alpha value is -3.81. The molecule has 0 aliphatic carbocycles. The molecule has 8 heteroatoms. The van der Waals surface area contributed by atoms with E-state index in [4.69, 9.17) is 9.47 Å². The fourth-order valence-electron chi connectivity index (χ4n) is 4.31. The molecule has 2 aliphatic heterocycles. The standard InChI is InChI=1S/C23H22N4O4/c1-30-15-8-7-14(21(9-15)31-2)11-24-27-13-22(28)26-12-19-17(10-20(26)23(27)29)16-5-3-4-6-18(16)25-19/h3-9,11,20,25H,10,12-13H2,1-2H3/b24-11-/t20-/m0/s1. The third-order valence-electron chi connectivity index (χ3n) is 5.93. The van der Waals surface area contributed by atoms with Crippen molar-refractivity contribution in [1.82, 2.24) is 14.9 Å². The van der Waals surface area contributed by atoms with Gasteiger partial charge in [-0.2, -0.15) is 5.10 Å². The summed E-state index contributed by atoms with van der Waals surface area (Å²) in [4.78, 5) is 31.1. The monoisotopic (exact) mass is 418 g/mol. The summed E-state index contributed by atoms with van der Waals surface area (Å²) in [6.45, 7) is 0.322. The van der Waals surface area contributed by atoms with E-state index in [2.05, 4.69) is 10.1 Å². The summed E-state index contributed by atoms with van der Waals surface area (Å²) in [5.41, 5.74) is 3.81. The third-order valence-corrected chi connectivity index (χ3v) is 5.93. The fraction of sp³-hybridized carbons (Fsp3) is 0.261. The number of nitrogens with zero attached hydrogens (tertiary/aromatic N) is 3. The molecule has 1 N–H and O–H groups in total. The summed E-state index contributed by atoms with van der Waals surface area (Å²) in [6.07, 6.45) is 2.01. The van der Waals surface area contributed by atoms with Gasteiger partial charge in [-0.3, -0.25) is 9.59 Å². The van der Waals surface area contributed by atoms with Gasteiger partial charge in [-0.25, -0.2) is 5.01 Å². The van der Waals surface area contributed by atoms with E-state index in [9.17, 15) is 9.59 Å². The summed E-state index contributed by atoms with van der Waals surface area (Å²) >= 11 is 0. The molecule has 0 spiro atoms. The molecule has 1 atom stereocenters. The Labute approximate surface area is 179 Å². The summed E-state index contributed by atoms with van der Waals surface area (Å²) in [5.74, 6) is 0.930. The summed E-state index contributed by atoms with van der Waals surface area (Å²) in [6, 6.07) is 12.8. The number of aromatic nitrogens is 1.